The van der Waals surface area contributed by atoms with Gasteiger partial charge in [-0.15, -0.1) is 0 Å². The lowest BCUT2D eigenvalue weighted by Crippen LogP contribution is -2.27. The van der Waals surface area contributed by atoms with Crippen LogP contribution in [0.15, 0.2) is 59.4 Å². The second kappa shape index (κ2) is 9.40. The number of carbonyl (C=O) groups is 1. The SMILES string of the molecule is CCn1c(=O)c(CCC(=O)Nc2ccc(C(C)C)cc2)nc2c(C)nn(-c3ccccc3)c21. The van der Waals surface area contributed by atoms with Crippen LogP contribution in [-0.4, -0.2) is 25.2 Å². The van der Waals surface area contributed by atoms with Crippen LogP contribution in [0.5, 0.6) is 0 Å². The number of anilines is 1. The standard InChI is InChI=1S/C26H29N5O2/c1-5-30-25-24(18(4)29-31(25)21-9-7-6-8-10-21)28-22(26(30)33)15-16-23(32)27-20-13-11-19(12-14-20)17(2)3/h6-14,17H,5,15-16H2,1-4H3,(H,27,32). The molecule has 33 heavy (non-hydrogen) atoms. The zero-order valence-electron chi connectivity index (χ0n) is 19.5. The number of aryl methyl sites for hydroxylation is 3. The summed E-state index contributed by atoms with van der Waals surface area (Å²) in [6.07, 6.45) is 0.440. The summed E-state index contributed by atoms with van der Waals surface area (Å²) < 4.78 is 3.45. The molecule has 2 aromatic carbocycles. The maximum Gasteiger partial charge on any atom is 0.273 e. The van der Waals surface area contributed by atoms with Gasteiger partial charge in [-0.1, -0.05) is 44.2 Å². The third-order valence-corrected chi connectivity index (χ3v) is 5.77. The zero-order valence-corrected chi connectivity index (χ0v) is 19.5. The van der Waals surface area contributed by atoms with Crippen LogP contribution < -0.4 is 10.9 Å². The Hall–Kier alpha value is -3.74. The molecule has 0 radical (unpaired) electrons. The number of nitrogens with one attached hydrogen (secondary N) is 1. The molecule has 2 aromatic heterocycles. The molecule has 0 aliphatic rings. The lowest BCUT2D eigenvalue weighted by Gasteiger charge is -2.11. The van der Waals surface area contributed by atoms with E-state index < -0.39 is 0 Å². The Morgan fingerprint density at radius 1 is 1.06 bits per heavy atom. The van der Waals surface area contributed by atoms with Gasteiger partial charge in [-0.05, 0) is 49.6 Å². The lowest BCUT2D eigenvalue weighted by molar-refractivity contribution is -0.116. The van der Waals surface area contributed by atoms with Gasteiger partial charge in [0, 0.05) is 25.1 Å². The van der Waals surface area contributed by atoms with Crippen LogP contribution in [0.1, 0.15) is 50.1 Å². The van der Waals surface area contributed by atoms with Gasteiger partial charge >= 0.3 is 0 Å². The van der Waals surface area contributed by atoms with E-state index in [2.05, 4.69) is 29.2 Å². The third kappa shape index (κ3) is 4.58. The molecule has 0 fully saturated rings. The largest absolute Gasteiger partial charge is 0.326 e. The van der Waals surface area contributed by atoms with Crippen molar-refractivity contribution in [2.75, 3.05) is 5.32 Å². The number of nitrogens with zero attached hydrogens (tertiary/aromatic N) is 4. The number of benzene rings is 2. The van der Waals surface area contributed by atoms with Gasteiger partial charge in [0.25, 0.3) is 5.56 Å². The van der Waals surface area contributed by atoms with Crippen molar-refractivity contribution in [2.24, 2.45) is 0 Å². The quantitative estimate of drug-likeness (QED) is 0.452. The average molecular weight is 444 g/mol. The number of carbonyl (C=O) groups excluding carboxylic acids is 1. The summed E-state index contributed by atoms with van der Waals surface area (Å²) >= 11 is 0. The molecule has 1 amide bonds. The van der Waals surface area contributed by atoms with Gasteiger partial charge in [-0.3, -0.25) is 14.2 Å². The molecule has 170 valence electrons. The van der Waals surface area contributed by atoms with Crippen molar-refractivity contribution in [3.63, 3.8) is 0 Å². The first-order valence-corrected chi connectivity index (χ1v) is 11.3. The minimum Gasteiger partial charge on any atom is -0.326 e. The molecule has 0 bridgehead atoms. The summed E-state index contributed by atoms with van der Waals surface area (Å²) in [7, 11) is 0. The summed E-state index contributed by atoms with van der Waals surface area (Å²) in [4.78, 5) is 30.4. The normalized spacial score (nSPS) is 11.3. The highest BCUT2D eigenvalue weighted by Gasteiger charge is 2.19. The molecule has 0 aliphatic carbocycles. The van der Waals surface area contributed by atoms with E-state index in [0.717, 1.165) is 17.1 Å². The van der Waals surface area contributed by atoms with Gasteiger partial charge in [0.05, 0.1) is 11.4 Å². The maximum absolute atomic E-state index is 13.2. The summed E-state index contributed by atoms with van der Waals surface area (Å²) in [5, 5.41) is 7.54. The van der Waals surface area contributed by atoms with Gasteiger partial charge in [-0.25, -0.2) is 9.67 Å². The molecule has 4 aromatic rings. The highest BCUT2D eigenvalue weighted by molar-refractivity contribution is 5.90. The van der Waals surface area contributed by atoms with Crippen molar-refractivity contribution in [1.29, 1.82) is 0 Å². The van der Waals surface area contributed by atoms with Crippen LogP contribution in [0.2, 0.25) is 0 Å². The van der Waals surface area contributed by atoms with Crippen LogP contribution >= 0.6 is 0 Å². The van der Waals surface area contributed by atoms with Crippen LogP contribution in [0.25, 0.3) is 16.9 Å². The van der Waals surface area contributed by atoms with E-state index in [0.29, 0.717) is 29.3 Å². The average Bonchev–Trinajstić information content (AvgIpc) is 3.14. The molecule has 0 saturated heterocycles. The minimum atomic E-state index is -0.184. The molecule has 1 N–H and O–H groups in total. The van der Waals surface area contributed by atoms with E-state index in [1.54, 1.807) is 9.25 Å². The Labute approximate surface area is 193 Å². The predicted octanol–water partition coefficient (Wildman–Crippen LogP) is 4.61. The highest BCUT2D eigenvalue weighted by Crippen LogP contribution is 2.20. The van der Waals surface area contributed by atoms with Crippen LogP contribution in [0.3, 0.4) is 0 Å². The van der Waals surface area contributed by atoms with Gasteiger partial charge in [0.2, 0.25) is 5.91 Å². The monoisotopic (exact) mass is 443 g/mol. The molecule has 2 heterocycles. The van der Waals surface area contributed by atoms with Crippen LogP contribution in [-0.2, 0) is 17.8 Å². The molecular weight excluding hydrogens is 414 g/mol. The predicted molar refractivity (Wildman–Crippen MR) is 131 cm³/mol. The van der Waals surface area contributed by atoms with Gasteiger partial charge < -0.3 is 5.32 Å². The van der Waals surface area contributed by atoms with Crippen molar-refractivity contribution in [2.45, 2.75) is 53.0 Å². The Morgan fingerprint density at radius 2 is 1.76 bits per heavy atom. The lowest BCUT2D eigenvalue weighted by atomic mass is 10.0. The van der Waals surface area contributed by atoms with E-state index in [-0.39, 0.29) is 24.3 Å². The van der Waals surface area contributed by atoms with E-state index in [4.69, 9.17) is 0 Å². The number of hydrogen-bond donors (Lipinski definition) is 1. The van der Waals surface area contributed by atoms with Crippen molar-refractivity contribution in [3.05, 3.63) is 81.9 Å². The Morgan fingerprint density at radius 3 is 2.39 bits per heavy atom. The van der Waals surface area contributed by atoms with E-state index in [9.17, 15) is 9.59 Å². The summed E-state index contributed by atoms with van der Waals surface area (Å²) in [5.74, 6) is 0.291. The minimum absolute atomic E-state index is 0.145. The van der Waals surface area contributed by atoms with Crippen LogP contribution in [0, 0.1) is 6.92 Å². The molecule has 7 heteroatoms. The number of para-hydroxylation sites is 1. The second-order valence-electron chi connectivity index (χ2n) is 8.44. The number of hydrogen-bond acceptors (Lipinski definition) is 4. The molecule has 0 atom stereocenters. The molecule has 7 nitrogen and oxygen atoms in total. The van der Waals surface area contributed by atoms with Gasteiger partial charge in [-0.2, -0.15) is 5.10 Å². The number of rotatable bonds is 7. The molecule has 0 spiro atoms. The number of amides is 1. The smallest absolute Gasteiger partial charge is 0.273 e. The number of fused-ring (bicyclic) bond motifs is 1. The zero-order chi connectivity index (χ0) is 23.5. The summed E-state index contributed by atoms with van der Waals surface area (Å²) in [5.41, 5.74) is 5.13. The Balaban J connectivity index is 1.58. The molecule has 0 aliphatic heterocycles. The van der Waals surface area contributed by atoms with E-state index in [1.165, 1.54) is 5.56 Å². The van der Waals surface area contributed by atoms with Crippen molar-refractivity contribution in [3.8, 4) is 5.69 Å². The molecule has 4 rings (SSSR count). The third-order valence-electron chi connectivity index (χ3n) is 5.77. The fourth-order valence-corrected chi connectivity index (χ4v) is 3.93. The summed E-state index contributed by atoms with van der Waals surface area (Å²) in [6, 6.07) is 17.5. The number of aromatic nitrogens is 4. The Kier molecular flexibility index (Phi) is 6.40. The highest BCUT2D eigenvalue weighted by atomic mass is 16.1. The van der Waals surface area contributed by atoms with Gasteiger partial charge in [0.15, 0.2) is 5.65 Å². The Bertz CT molecular complexity index is 1340. The van der Waals surface area contributed by atoms with Crippen LogP contribution in [0.4, 0.5) is 5.69 Å². The van der Waals surface area contributed by atoms with E-state index in [1.807, 2.05) is 68.4 Å². The van der Waals surface area contributed by atoms with E-state index >= 15 is 0 Å². The first-order chi connectivity index (χ1) is 15.9. The van der Waals surface area contributed by atoms with Gasteiger partial charge in [0.1, 0.15) is 11.2 Å². The fraction of sp³-hybridized carbons (Fsp3) is 0.308. The van der Waals surface area contributed by atoms with Crippen molar-refractivity contribution < 1.29 is 4.79 Å². The van der Waals surface area contributed by atoms with Crippen molar-refractivity contribution >= 4 is 22.8 Å². The molecule has 0 unspecified atom stereocenters. The first-order valence-electron chi connectivity index (χ1n) is 11.3. The molecular formula is C26H29N5O2. The first kappa shape index (κ1) is 22.5. The topological polar surface area (TPSA) is 81.8 Å². The summed E-state index contributed by atoms with van der Waals surface area (Å²) in [6.45, 7) is 8.56. The fourth-order valence-electron chi connectivity index (χ4n) is 3.93. The maximum atomic E-state index is 13.2. The second-order valence-corrected chi connectivity index (χ2v) is 8.44. The van der Waals surface area contributed by atoms with Crippen molar-refractivity contribution in [1.82, 2.24) is 19.3 Å². The molecule has 0 saturated carbocycles.